The normalized spacial score (nSPS) is 10.9. The van der Waals surface area contributed by atoms with E-state index in [0.717, 1.165) is 22.4 Å². The SMILES string of the molecule is Cn1cc(-c2ccc(CNC(=O)c3cc(-c4ccc(F)cc4)nn3C)cn2)cn1. The number of carbonyl (C=O) groups is 1. The Balaban J connectivity index is 1.42. The van der Waals surface area contributed by atoms with Crippen LogP contribution in [-0.4, -0.2) is 30.5 Å². The van der Waals surface area contributed by atoms with Crippen molar-refractivity contribution in [1.82, 2.24) is 29.9 Å². The second-order valence-electron chi connectivity index (χ2n) is 6.68. The molecule has 0 saturated heterocycles. The summed E-state index contributed by atoms with van der Waals surface area (Å²) in [5.74, 6) is -0.560. The van der Waals surface area contributed by atoms with Crippen molar-refractivity contribution in [3.8, 4) is 22.5 Å². The fourth-order valence-electron chi connectivity index (χ4n) is 2.97. The van der Waals surface area contributed by atoms with Crippen molar-refractivity contribution in [3.63, 3.8) is 0 Å². The molecule has 0 bridgehead atoms. The number of halogens is 1. The van der Waals surface area contributed by atoms with Gasteiger partial charge in [0.05, 0.1) is 17.6 Å². The first kappa shape index (κ1) is 18.5. The van der Waals surface area contributed by atoms with Gasteiger partial charge in [-0.05, 0) is 42.0 Å². The maximum Gasteiger partial charge on any atom is 0.269 e. The molecule has 3 aromatic heterocycles. The van der Waals surface area contributed by atoms with Gasteiger partial charge in [0.2, 0.25) is 0 Å². The predicted octanol–water partition coefficient (Wildman–Crippen LogP) is 2.95. The first-order chi connectivity index (χ1) is 14.0. The molecule has 0 aliphatic heterocycles. The zero-order valence-electron chi connectivity index (χ0n) is 16.0. The molecule has 0 fully saturated rings. The van der Waals surface area contributed by atoms with Gasteiger partial charge in [0.1, 0.15) is 11.5 Å². The van der Waals surface area contributed by atoms with E-state index in [2.05, 4.69) is 20.5 Å². The van der Waals surface area contributed by atoms with E-state index in [1.54, 1.807) is 42.3 Å². The molecule has 8 heteroatoms. The van der Waals surface area contributed by atoms with E-state index >= 15 is 0 Å². The van der Waals surface area contributed by atoms with Crippen molar-refractivity contribution >= 4 is 5.91 Å². The summed E-state index contributed by atoms with van der Waals surface area (Å²) >= 11 is 0. The van der Waals surface area contributed by atoms with Crippen molar-refractivity contribution < 1.29 is 9.18 Å². The number of aryl methyl sites for hydroxylation is 2. The lowest BCUT2D eigenvalue weighted by Gasteiger charge is -2.06. The van der Waals surface area contributed by atoms with Crippen LogP contribution in [0.4, 0.5) is 4.39 Å². The highest BCUT2D eigenvalue weighted by atomic mass is 19.1. The van der Waals surface area contributed by atoms with E-state index in [9.17, 15) is 9.18 Å². The molecule has 0 saturated carbocycles. The van der Waals surface area contributed by atoms with Crippen molar-refractivity contribution in [2.24, 2.45) is 14.1 Å². The van der Waals surface area contributed by atoms with Crippen LogP contribution in [0.3, 0.4) is 0 Å². The Labute approximate surface area is 166 Å². The quantitative estimate of drug-likeness (QED) is 0.568. The summed E-state index contributed by atoms with van der Waals surface area (Å²) in [6, 6.07) is 11.5. The molecular formula is C21H19FN6O. The molecule has 1 aromatic carbocycles. The largest absolute Gasteiger partial charge is 0.347 e. The van der Waals surface area contributed by atoms with Crippen LogP contribution in [-0.2, 0) is 20.6 Å². The third-order valence-electron chi connectivity index (χ3n) is 4.53. The lowest BCUT2D eigenvalue weighted by atomic mass is 10.1. The van der Waals surface area contributed by atoms with Crippen LogP contribution in [0.25, 0.3) is 22.5 Å². The number of aromatic nitrogens is 5. The number of benzene rings is 1. The summed E-state index contributed by atoms with van der Waals surface area (Å²) in [4.78, 5) is 17.0. The molecule has 0 unspecified atom stereocenters. The molecule has 29 heavy (non-hydrogen) atoms. The molecule has 0 atom stereocenters. The lowest BCUT2D eigenvalue weighted by Crippen LogP contribution is -2.25. The van der Waals surface area contributed by atoms with Crippen LogP contribution in [0.2, 0.25) is 0 Å². The van der Waals surface area contributed by atoms with Gasteiger partial charge in [0.15, 0.2) is 0 Å². The lowest BCUT2D eigenvalue weighted by molar-refractivity contribution is 0.0941. The molecule has 4 aromatic rings. The summed E-state index contributed by atoms with van der Waals surface area (Å²) in [5, 5.41) is 11.4. The van der Waals surface area contributed by atoms with Gasteiger partial charge in [-0.25, -0.2) is 4.39 Å². The Hall–Kier alpha value is -3.81. The maximum atomic E-state index is 13.1. The minimum atomic E-state index is -0.314. The topological polar surface area (TPSA) is 77.6 Å². The first-order valence-electron chi connectivity index (χ1n) is 9.02. The van der Waals surface area contributed by atoms with E-state index < -0.39 is 0 Å². The van der Waals surface area contributed by atoms with E-state index in [1.807, 2.05) is 25.4 Å². The average Bonchev–Trinajstić information content (AvgIpc) is 3.33. The summed E-state index contributed by atoms with van der Waals surface area (Å²) in [6.07, 6.45) is 5.38. The van der Waals surface area contributed by atoms with Crippen molar-refractivity contribution in [2.75, 3.05) is 0 Å². The van der Waals surface area contributed by atoms with Gasteiger partial charge >= 0.3 is 0 Å². The smallest absolute Gasteiger partial charge is 0.269 e. The van der Waals surface area contributed by atoms with E-state index in [0.29, 0.717) is 17.9 Å². The Morgan fingerprint density at radius 1 is 1.03 bits per heavy atom. The Kier molecular flexibility index (Phi) is 4.90. The third kappa shape index (κ3) is 4.06. The molecular weight excluding hydrogens is 371 g/mol. The molecule has 0 aliphatic carbocycles. The number of nitrogens with one attached hydrogen (secondary N) is 1. The van der Waals surface area contributed by atoms with Crippen molar-refractivity contribution in [1.29, 1.82) is 0 Å². The van der Waals surface area contributed by atoms with Crippen LogP contribution in [0.5, 0.6) is 0 Å². The number of hydrogen-bond acceptors (Lipinski definition) is 4. The highest BCUT2D eigenvalue weighted by molar-refractivity contribution is 5.93. The van der Waals surface area contributed by atoms with E-state index in [-0.39, 0.29) is 11.7 Å². The standard InChI is InChI=1S/C21H19FN6O/c1-27-13-16(12-25-27)18-8-3-14(10-23-18)11-24-21(29)20-9-19(26-28(20)2)15-4-6-17(22)7-5-15/h3-10,12-13H,11H2,1-2H3,(H,24,29). The highest BCUT2D eigenvalue weighted by Crippen LogP contribution is 2.19. The second-order valence-corrected chi connectivity index (χ2v) is 6.68. The summed E-state index contributed by atoms with van der Waals surface area (Å²) < 4.78 is 16.3. The molecule has 0 radical (unpaired) electrons. The monoisotopic (exact) mass is 390 g/mol. The average molecular weight is 390 g/mol. The molecule has 0 aliphatic rings. The van der Waals surface area contributed by atoms with Gasteiger partial charge in [-0.15, -0.1) is 0 Å². The first-order valence-corrected chi connectivity index (χ1v) is 9.02. The molecule has 146 valence electrons. The van der Waals surface area contributed by atoms with Crippen LogP contribution in [0, 0.1) is 5.82 Å². The number of carbonyl (C=O) groups excluding carboxylic acids is 1. The zero-order chi connectivity index (χ0) is 20.4. The van der Waals surface area contributed by atoms with Gasteiger partial charge < -0.3 is 5.32 Å². The Morgan fingerprint density at radius 3 is 2.48 bits per heavy atom. The second kappa shape index (κ2) is 7.67. The van der Waals surface area contributed by atoms with E-state index in [4.69, 9.17) is 0 Å². The number of amides is 1. The van der Waals surface area contributed by atoms with Gasteiger partial charge in [-0.3, -0.25) is 19.1 Å². The predicted molar refractivity (Wildman–Crippen MR) is 106 cm³/mol. The maximum absolute atomic E-state index is 13.1. The number of nitrogens with zero attached hydrogens (tertiary/aromatic N) is 5. The van der Waals surface area contributed by atoms with Crippen LogP contribution in [0.1, 0.15) is 16.1 Å². The third-order valence-corrected chi connectivity index (χ3v) is 4.53. The van der Waals surface area contributed by atoms with Crippen LogP contribution >= 0.6 is 0 Å². The fraction of sp³-hybridized carbons (Fsp3) is 0.143. The molecule has 3 heterocycles. The number of rotatable bonds is 5. The molecule has 7 nitrogen and oxygen atoms in total. The highest BCUT2D eigenvalue weighted by Gasteiger charge is 2.14. The van der Waals surface area contributed by atoms with E-state index in [1.165, 1.54) is 16.8 Å². The Morgan fingerprint density at radius 2 is 1.83 bits per heavy atom. The Bertz CT molecular complexity index is 1140. The van der Waals surface area contributed by atoms with Crippen molar-refractivity contribution in [2.45, 2.75) is 6.54 Å². The van der Waals surface area contributed by atoms with Gasteiger partial charge in [-0.2, -0.15) is 10.2 Å². The van der Waals surface area contributed by atoms with Crippen LogP contribution < -0.4 is 5.32 Å². The number of pyridine rings is 1. The molecule has 1 N–H and O–H groups in total. The minimum Gasteiger partial charge on any atom is -0.347 e. The van der Waals surface area contributed by atoms with Gasteiger partial charge in [0.25, 0.3) is 5.91 Å². The van der Waals surface area contributed by atoms with Crippen molar-refractivity contribution in [3.05, 3.63) is 78.1 Å². The van der Waals surface area contributed by atoms with Gasteiger partial charge in [-0.1, -0.05) is 6.07 Å². The summed E-state index contributed by atoms with van der Waals surface area (Å²) in [5.41, 5.74) is 4.42. The molecule has 0 spiro atoms. The van der Waals surface area contributed by atoms with Crippen LogP contribution in [0.15, 0.2) is 61.1 Å². The molecule has 1 amide bonds. The fourth-order valence-corrected chi connectivity index (χ4v) is 2.97. The summed E-state index contributed by atoms with van der Waals surface area (Å²) in [7, 11) is 3.56. The van der Waals surface area contributed by atoms with Gasteiger partial charge in [0, 0.05) is 44.2 Å². The summed E-state index contributed by atoms with van der Waals surface area (Å²) in [6.45, 7) is 0.343. The number of hydrogen-bond donors (Lipinski definition) is 1. The zero-order valence-corrected chi connectivity index (χ0v) is 16.0. The minimum absolute atomic E-state index is 0.246. The molecule has 4 rings (SSSR count).